The molecule has 2 rings (SSSR count). The largest absolute Gasteiger partial charge is 0.486 e. The van der Waals surface area contributed by atoms with Gasteiger partial charge < -0.3 is 10.5 Å². The molecular formula is C15H20N2OS. The minimum absolute atomic E-state index is 0.343. The Labute approximate surface area is 118 Å². The van der Waals surface area contributed by atoms with Crippen molar-refractivity contribution >= 4 is 11.3 Å². The summed E-state index contributed by atoms with van der Waals surface area (Å²) in [5, 5.41) is 0.964. The van der Waals surface area contributed by atoms with Crippen molar-refractivity contribution in [3.05, 3.63) is 45.4 Å². The van der Waals surface area contributed by atoms with Crippen molar-refractivity contribution in [2.45, 2.75) is 39.8 Å². The molecule has 2 aromatic rings. The lowest BCUT2D eigenvalue weighted by molar-refractivity contribution is 0.305. The molecule has 1 aromatic heterocycles. The number of nitrogens with two attached hydrogens (primary N) is 1. The molecule has 0 saturated carbocycles. The van der Waals surface area contributed by atoms with E-state index in [2.05, 4.69) is 11.9 Å². The second-order valence-corrected chi connectivity index (χ2v) is 6.43. The molecule has 0 saturated heterocycles. The van der Waals surface area contributed by atoms with Crippen LogP contribution in [0.5, 0.6) is 5.75 Å². The third-order valence-electron chi connectivity index (χ3n) is 2.81. The Kier molecular flexibility index (Phi) is 3.92. The highest BCUT2D eigenvalue weighted by atomic mass is 32.1. The van der Waals surface area contributed by atoms with Crippen molar-refractivity contribution in [2.24, 2.45) is 5.73 Å². The van der Waals surface area contributed by atoms with Gasteiger partial charge in [-0.15, -0.1) is 11.3 Å². The average Bonchev–Trinajstić information content (AvgIpc) is 2.70. The van der Waals surface area contributed by atoms with Gasteiger partial charge in [-0.25, -0.2) is 4.98 Å². The standard InChI is InChI=1S/C15H20N2OS/c1-10-5-7-12(8-6-10)18-9-13-17-11(2)14(19-13)15(3,4)16/h5-8H,9,16H2,1-4H3. The molecule has 0 radical (unpaired) electrons. The molecule has 0 atom stereocenters. The van der Waals surface area contributed by atoms with Crippen LogP contribution in [0.2, 0.25) is 0 Å². The van der Waals surface area contributed by atoms with Gasteiger partial charge in [0.25, 0.3) is 0 Å². The van der Waals surface area contributed by atoms with Crippen molar-refractivity contribution in [3.63, 3.8) is 0 Å². The summed E-state index contributed by atoms with van der Waals surface area (Å²) in [6, 6.07) is 8.03. The van der Waals surface area contributed by atoms with E-state index in [1.54, 1.807) is 11.3 Å². The van der Waals surface area contributed by atoms with Crippen molar-refractivity contribution in [1.82, 2.24) is 4.98 Å². The van der Waals surface area contributed by atoms with E-state index in [0.717, 1.165) is 21.3 Å². The van der Waals surface area contributed by atoms with Crippen LogP contribution >= 0.6 is 11.3 Å². The van der Waals surface area contributed by atoms with E-state index in [9.17, 15) is 0 Å². The molecule has 0 aliphatic rings. The van der Waals surface area contributed by atoms with Crippen LogP contribution in [0.1, 0.15) is 35.0 Å². The van der Waals surface area contributed by atoms with E-state index in [1.807, 2.05) is 45.0 Å². The zero-order valence-electron chi connectivity index (χ0n) is 11.9. The first-order valence-corrected chi connectivity index (χ1v) is 7.13. The summed E-state index contributed by atoms with van der Waals surface area (Å²) in [6.45, 7) is 8.54. The van der Waals surface area contributed by atoms with Crippen LogP contribution in [0.3, 0.4) is 0 Å². The highest BCUT2D eigenvalue weighted by molar-refractivity contribution is 7.11. The van der Waals surface area contributed by atoms with Gasteiger partial charge in [-0.1, -0.05) is 17.7 Å². The van der Waals surface area contributed by atoms with Crippen LogP contribution < -0.4 is 10.5 Å². The van der Waals surface area contributed by atoms with E-state index in [-0.39, 0.29) is 5.54 Å². The molecule has 0 spiro atoms. The predicted octanol–water partition coefficient (Wildman–Crippen LogP) is 3.53. The first-order valence-electron chi connectivity index (χ1n) is 6.31. The highest BCUT2D eigenvalue weighted by Crippen LogP contribution is 2.28. The lowest BCUT2D eigenvalue weighted by Gasteiger charge is -2.16. The maximum absolute atomic E-state index is 6.12. The molecule has 19 heavy (non-hydrogen) atoms. The van der Waals surface area contributed by atoms with Gasteiger partial charge in [0.15, 0.2) is 0 Å². The van der Waals surface area contributed by atoms with E-state index in [1.165, 1.54) is 5.56 Å². The SMILES string of the molecule is Cc1ccc(OCc2nc(C)c(C(C)(C)N)s2)cc1. The molecule has 0 bridgehead atoms. The van der Waals surface area contributed by atoms with Crippen molar-refractivity contribution in [2.75, 3.05) is 0 Å². The summed E-state index contributed by atoms with van der Waals surface area (Å²) in [5.41, 5.74) is 8.01. The number of nitrogens with zero attached hydrogens (tertiary/aromatic N) is 1. The van der Waals surface area contributed by atoms with E-state index >= 15 is 0 Å². The summed E-state index contributed by atoms with van der Waals surface area (Å²) in [4.78, 5) is 5.64. The van der Waals surface area contributed by atoms with Gasteiger partial charge in [0.05, 0.1) is 5.69 Å². The highest BCUT2D eigenvalue weighted by Gasteiger charge is 2.21. The lowest BCUT2D eigenvalue weighted by atomic mass is 10.0. The zero-order valence-corrected chi connectivity index (χ0v) is 12.7. The second-order valence-electron chi connectivity index (χ2n) is 5.35. The molecule has 102 valence electrons. The predicted molar refractivity (Wildman–Crippen MR) is 79.6 cm³/mol. The number of benzene rings is 1. The Morgan fingerprint density at radius 3 is 2.37 bits per heavy atom. The molecule has 0 unspecified atom stereocenters. The second kappa shape index (κ2) is 5.31. The smallest absolute Gasteiger partial charge is 0.140 e. The maximum Gasteiger partial charge on any atom is 0.140 e. The average molecular weight is 276 g/mol. The summed E-state index contributed by atoms with van der Waals surface area (Å²) in [7, 11) is 0. The Balaban J connectivity index is 2.06. The number of hydrogen-bond donors (Lipinski definition) is 1. The minimum Gasteiger partial charge on any atom is -0.486 e. The van der Waals surface area contributed by atoms with Gasteiger partial charge in [0.1, 0.15) is 17.4 Å². The molecule has 0 aliphatic carbocycles. The topological polar surface area (TPSA) is 48.1 Å². The van der Waals surface area contributed by atoms with Gasteiger partial charge in [0.2, 0.25) is 0 Å². The molecule has 0 fully saturated rings. The third kappa shape index (κ3) is 3.55. The monoisotopic (exact) mass is 276 g/mol. The number of aryl methyl sites for hydroxylation is 2. The number of rotatable bonds is 4. The summed E-state index contributed by atoms with van der Waals surface area (Å²) in [6.07, 6.45) is 0. The Morgan fingerprint density at radius 2 is 1.84 bits per heavy atom. The Bertz CT molecular complexity index is 553. The number of thiazole rings is 1. The van der Waals surface area contributed by atoms with Gasteiger partial charge in [-0.3, -0.25) is 0 Å². The summed E-state index contributed by atoms with van der Waals surface area (Å²) in [5.74, 6) is 0.868. The summed E-state index contributed by atoms with van der Waals surface area (Å²) >= 11 is 1.63. The van der Waals surface area contributed by atoms with E-state index in [0.29, 0.717) is 6.61 Å². The molecule has 2 N–H and O–H groups in total. The Hall–Kier alpha value is -1.39. The number of aromatic nitrogens is 1. The van der Waals surface area contributed by atoms with Gasteiger partial charge in [-0.2, -0.15) is 0 Å². The molecule has 1 aromatic carbocycles. The molecular weight excluding hydrogens is 256 g/mol. The minimum atomic E-state index is -0.343. The maximum atomic E-state index is 6.12. The van der Waals surface area contributed by atoms with Crippen LogP contribution in [0.25, 0.3) is 0 Å². The zero-order chi connectivity index (χ0) is 14.0. The number of ether oxygens (including phenoxy) is 1. The fraction of sp³-hybridized carbons (Fsp3) is 0.400. The molecule has 4 heteroatoms. The van der Waals surface area contributed by atoms with Crippen LogP contribution in [0.4, 0.5) is 0 Å². The van der Waals surface area contributed by atoms with Crippen molar-refractivity contribution in [1.29, 1.82) is 0 Å². The van der Waals surface area contributed by atoms with Crippen LogP contribution in [0, 0.1) is 13.8 Å². The van der Waals surface area contributed by atoms with Crippen molar-refractivity contribution < 1.29 is 4.74 Å². The molecule has 0 amide bonds. The van der Waals surface area contributed by atoms with Crippen LogP contribution in [0.15, 0.2) is 24.3 Å². The van der Waals surface area contributed by atoms with Crippen LogP contribution in [-0.2, 0) is 12.1 Å². The normalized spacial score (nSPS) is 11.6. The van der Waals surface area contributed by atoms with Crippen molar-refractivity contribution in [3.8, 4) is 5.75 Å². The molecule has 1 heterocycles. The summed E-state index contributed by atoms with van der Waals surface area (Å²) < 4.78 is 5.74. The Morgan fingerprint density at radius 1 is 1.21 bits per heavy atom. The van der Waals surface area contributed by atoms with Crippen LogP contribution in [-0.4, -0.2) is 4.98 Å². The van der Waals surface area contributed by atoms with E-state index < -0.39 is 0 Å². The molecule has 0 aliphatic heterocycles. The molecule has 3 nitrogen and oxygen atoms in total. The third-order valence-corrected chi connectivity index (χ3v) is 4.28. The fourth-order valence-corrected chi connectivity index (χ4v) is 2.88. The van der Waals surface area contributed by atoms with Gasteiger partial charge >= 0.3 is 0 Å². The van der Waals surface area contributed by atoms with Gasteiger partial charge in [0, 0.05) is 10.4 Å². The first-order chi connectivity index (χ1) is 8.86. The lowest BCUT2D eigenvalue weighted by Crippen LogP contribution is -2.28. The van der Waals surface area contributed by atoms with E-state index in [4.69, 9.17) is 10.5 Å². The van der Waals surface area contributed by atoms with Gasteiger partial charge in [-0.05, 0) is 39.8 Å². The first kappa shape index (κ1) is 14.0. The fourth-order valence-electron chi connectivity index (χ4n) is 1.89. The quantitative estimate of drug-likeness (QED) is 0.929. The number of hydrogen-bond acceptors (Lipinski definition) is 4.